The van der Waals surface area contributed by atoms with Gasteiger partial charge in [-0.25, -0.2) is 9.36 Å². The molecule has 8 heteroatoms. The van der Waals surface area contributed by atoms with Crippen molar-refractivity contribution in [2.45, 2.75) is 24.5 Å². The first kappa shape index (κ1) is 12.0. The number of hydrogen-bond donors (Lipinski definition) is 4. The van der Waals surface area contributed by atoms with Crippen molar-refractivity contribution in [3.05, 3.63) is 33.1 Å². The largest absolute Gasteiger partial charge is 0.388 e. The van der Waals surface area contributed by atoms with Gasteiger partial charge in [0.05, 0.1) is 6.61 Å². The molecule has 1 aliphatic heterocycles. The van der Waals surface area contributed by atoms with Gasteiger partial charge in [-0.05, 0) is 0 Å². The smallest absolute Gasteiger partial charge is 0.330 e. The van der Waals surface area contributed by atoms with Crippen LogP contribution in [0.25, 0.3) is 0 Å². The molecule has 2 heterocycles. The highest BCUT2D eigenvalue weighted by molar-refractivity contribution is 4.90. The van der Waals surface area contributed by atoms with Crippen LogP contribution in [0.1, 0.15) is 6.23 Å². The van der Waals surface area contributed by atoms with Gasteiger partial charge in [-0.3, -0.25) is 4.79 Å². The summed E-state index contributed by atoms with van der Waals surface area (Å²) in [5.41, 5.74) is -1.42. The zero-order chi connectivity index (χ0) is 12.6. The minimum absolute atomic E-state index is 0.274. The molecule has 1 saturated heterocycles. The molecule has 0 aromatic carbocycles. The zero-order valence-electron chi connectivity index (χ0n) is 8.68. The fourth-order valence-electron chi connectivity index (χ4n) is 1.69. The van der Waals surface area contributed by atoms with Crippen LogP contribution in [0.4, 0.5) is 0 Å². The molecule has 0 unspecified atom stereocenters. The lowest BCUT2D eigenvalue weighted by molar-refractivity contribution is -0.212. The van der Waals surface area contributed by atoms with Gasteiger partial charge in [0.15, 0.2) is 6.23 Å². The number of aromatic amines is 1. The first-order valence-electron chi connectivity index (χ1n) is 4.98. The molecule has 0 radical (unpaired) electrons. The lowest BCUT2D eigenvalue weighted by Gasteiger charge is -2.35. The van der Waals surface area contributed by atoms with Crippen LogP contribution < -0.4 is 11.2 Å². The van der Waals surface area contributed by atoms with E-state index in [1.165, 1.54) is 6.20 Å². The molecule has 1 fully saturated rings. The predicted molar refractivity (Wildman–Crippen MR) is 54.3 cm³/mol. The molecule has 17 heavy (non-hydrogen) atoms. The third kappa shape index (κ3) is 2.03. The van der Waals surface area contributed by atoms with Crippen molar-refractivity contribution in [3.8, 4) is 0 Å². The summed E-state index contributed by atoms with van der Waals surface area (Å²) >= 11 is 0. The normalized spacial score (nSPS) is 33.6. The average Bonchev–Trinajstić information content (AvgIpc) is 2.29. The van der Waals surface area contributed by atoms with E-state index in [1.54, 1.807) is 0 Å². The van der Waals surface area contributed by atoms with Crippen LogP contribution in [0.5, 0.6) is 0 Å². The molecule has 0 bridgehead atoms. The Hall–Kier alpha value is -1.48. The summed E-state index contributed by atoms with van der Waals surface area (Å²) in [5, 5.41) is 28.4. The Morgan fingerprint density at radius 2 is 2.00 bits per heavy atom. The summed E-state index contributed by atoms with van der Waals surface area (Å²) in [6.07, 6.45) is -4.42. The second-order valence-electron chi connectivity index (χ2n) is 3.76. The van der Waals surface area contributed by atoms with Crippen molar-refractivity contribution in [1.82, 2.24) is 9.55 Å². The molecule has 4 N–H and O–H groups in total. The van der Waals surface area contributed by atoms with E-state index in [2.05, 4.69) is 4.98 Å². The standard InChI is InChI=1S/C9H12N2O6/c12-4-3-17-8(7(15)6(4)14)11-5(13)1-2-10-9(11)16/h1-2,4,6-8,12,14-15H,3H2,(H,10,16)/t4-,6-,7+,8-/m1/s1. The second-order valence-corrected chi connectivity index (χ2v) is 3.76. The van der Waals surface area contributed by atoms with Crippen molar-refractivity contribution in [1.29, 1.82) is 0 Å². The van der Waals surface area contributed by atoms with Gasteiger partial charge in [0, 0.05) is 12.3 Å². The maximum Gasteiger partial charge on any atom is 0.330 e. The molecule has 8 nitrogen and oxygen atoms in total. The molecule has 94 valence electrons. The van der Waals surface area contributed by atoms with Crippen LogP contribution >= 0.6 is 0 Å². The molecule has 1 aliphatic rings. The Morgan fingerprint density at radius 3 is 2.65 bits per heavy atom. The Balaban J connectivity index is 2.41. The summed E-state index contributed by atoms with van der Waals surface area (Å²) in [4.78, 5) is 25.2. The number of aromatic nitrogens is 2. The van der Waals surface area contributed by atoms with Crippen LogP contribution in [-0.4, -0.2) is 49.8 Å². The first-order valence-corrected chi connectivity index (χ1v) is 4.98. The summed E-state index contributed by atoms with van der Waals surface area (Å²) in [7, 11) is 0. The summed E-state index contributed by atoms with van der Waals surface area (Å²) in [6, 6.07) is 1.09. The SMILES string of the molecule is O=c1cc[nH]c(=O)n1[C@@H]1OC[C@@H](O)[C@@H](O)[C@@H]1O. The van der Waals surface area contributed by atoms with Gasteiger partial charge in [-0.1, -0.05) is 0 Å². The highest BCUT2D eigenvalue weighted by Crippen LogP contribution is 2.21. The van der Waals surface area contributed by atoms with Crippen molar-refractivity contribution < 1.29 is 20.1 Å². The van der Waals surface area contributed by atoms with E-state index in [9.17, 15) is 24.9 Å². The number of ether oxygens (including phenoxy) is 1. The number of H-pyrrole nitrogens is 1. The maximum absolute atomic E-state index is 11.5. The van der Waals surface area contributed by atoms with Crippen molar-refractivity contribution in [3.63, 3.8) is 0 Å². The van der Waals surface area contributed by atoms with Crippen LogP contribution in [0.15, 0.2) is 21.9 Å². The summed E-state index contributed by atoms with van der Waals surface area (Å²) in [6.45, 7) is -0.274. The highest BCUT2D eigenvalue weighted by atomic mass is 16.5. The molecule has 4 atom stereocenters. The van der Waals surface area contributed by atoms with Gasteiger partial charge in [0.2, 0.25) is 0 Å². The minimum atomic E-state index is -1.56. The minimum Gasteiger partial charge on any atom is -0.388 e. The Labute approximate surface area is 94.7 Å². The third-order valence-electron chi connectivity index (χ3n) is 2.62. The number of aliphatic hydroxyl groups excluding tert-OH is 3. The molecule has 0 spiro atoms. The average molecular weight is 244 g/mol. The Kier molecular flexibility index (Phi) is 3.11. The predicted octanol–water partition coefficient (Wildman–Crippen LogP) is -2.85. The van der Waals surface area contributed by atoms with Crippen LogP contribution in [-0.2, 0) is 4.74 Å². The van der Waals surface area contributed by atoms with Gasteiger partial charge < -0.3 is 25.0 Å². The number of nitrogens with zero attached hydrogens (tertiary/aromatic N) is 1. The van der Waals surface area contributed by atoms with Crippen LogP contribution in [0.3, 0.4) is 0 Å². The van der Waals surface area contributed by atoms with Gasteiger partial charge in [0.25, 0.3) is 5.56 Å². The third-order valence-corrected chi connectivity index (χ3v) is 2.62. The lowest BCUT2D eigenvalue weighted by Crippen LogP contribution is -2.54. The molecule has 2 rings (SSSR count). The van der Waals surface area contributed by atoms with Gasteiger partial charge >= 0.3 is 5.69 Å². The lowest BCUT2D eigenvalue weighted by atomic mass is 10.0. The van der Waals surface area contributed by atoms with E-state index in [0.29, 0.717) is 4.57 Å². The first-order chi connectivity index (χ1) is 8.02. The molecule has 0 amide bonds. The molecule has 1 aromatic rings. The van der Waals surface area contributed by atoms with E-state index >= 15 is 0 Å². The summed E-state index contributed by atoms with van der Waals surface area (Å²) in [5.74, 6) is 0. The number of nitrogens with one attached hydrogen (secondary N) is 1. The topological polar surface area (TPSA) is 125 Å². The number of rotatable bonds is 1. The Bertz CT molecular complexity index is 480. The van der Waals surface area contributed by atoms with Gasteiger partial charge in [-0.15, -0.1) is 0 Å². The van der Waals surface area contributed by atoms with Gasteiger partial charge in [-0.2, -0.15) is 0 Å². The fourth-order valence-corrected chi connectivity index (χ4v) is 1.69. The van der Waals surface area contributed by atoms with E-state index in [4.69, 9.17) is 4.74 Å². The number of aliphatic hydroxyl groups is 3. The highest BCUT2D eigenvalue weighted by Gasteiger charge is 2.39. The van der Waals surface area contributed by atoms with E-state index in [-0.39, 0.29) is 6.61 Å². The fraction of sp³-hybridized carbons (Fsp3) is 0.556. The second kappa shape index (κ2) is 4.41. The van der Waals surface area contributed by atoms with Crippen molar-refractivity contribution in [2.75, 3.05) is 6.61 Å². The van der Waals surface area contributed by atoms with Crippen LogP contribution in [0, 0.1) is 0 Å². The van der Waals surface area contributed by atoms with Gasteiger partial charge in [0.1, 0.15) is 18.3 Å². The molecule has 0 saturated carbocycles. The Morgan fingerprint density at radius 1 is 1.29 bits per heavy atom. The van der Waals surface area contributed by atoms with Crippen molar-refractivity contribution >= 4 is 0 Å². The molecular formula is C9H12N2O6. The zero-order valence-corrected chi connectivity index (χ0v) is 8.68. The summed E-state index contributed by atoms with van der Waals surface area (Å²) < 4.78 is 5.66. The molecule has 1 aromatic heterocycles. The monoisotopic (exact) mass is 244 g/mol. The number of hydrogen-bond acceptors (Lipinski definition) is 6. The van der Waals surface area contributed by atoms with Crippen LogP contribution in [0.2, 0.25) is 0 Å². The molecule has 0 aliphatic carbocycles. The molecular weight excluding hydrogens is 232 g/mol. The van der Waals surface area contributed by atoms with E-state index in [0.717, 1.165) is 6.07 Å². The van der Waals surface area contributed by atoms with E-state index in [1.807, 2.05) is 0 Å². The van der Waals surface area contributed by atoms with E-state index < -0.39 is 35.8 Å². The van der Waals surface area contributed by atoms with Crippen molar-refractivity contribution in [2.24, 2.45) is 0 Å². The maximum atomic E-state index is 11.5. The quantitative estimate of drug-likeness (QED) is 0.421.